The molecular formula is C26H22ClNO4. The van der Waals surface area contributed by atoms with Gasteiger partial charge < -0.3 is 9.84 Å². The summed E-state index contributed by atoms with van der Waals surface area (Å²) in [6.45, 7) is 4.36. The fraction of sp³-hybridized carbons (Fsp3) is 0.154. The highest BCUT2D eigenvalue weighted by Gasteiger charge is 2.46. The van der Waals surface area contributed by atoms with Crippen molar-refractivity contribution in [2.45, 2.75) is 19.9 Å². The van der Waals surface area contributed by atoms with Crippen molar-refractivity contribution in [3.63, 3.8) is 0 Å². The maximum atomic E-state index is 13.1. The summed E-state index contributed by atoms with van der Waals surface area (Å²) in [7, 11) is 0. The zero-order valence-corrected chi connectivity index (χ0v) is 18.5. The number of anilines is 1. The summed E-state index contributed by atoms with van der Waals surface area (Å²) in [5.74, 6) is -1.03. The second-order valence-corrected chi connectivity index (χ2v) is 7.95. The van der Waals surface area contributed by atoms with Crippen LogP contribution in [0.2, 0.25) is 5.02 Å². The van der Waals surface area contributed by atoms with E-state index in [0.717, 1.165) is 5.56 Å². The summed E-state index contributed by atoms with van der Waals surface area (Å²) in [5, 5.41) is 11.5. The molecule has 1 atom stereocenters. The van der Waals surface area contributed by atoms with Crippen LogP contribution < -0.4 is 9.64 Å². The first-order valence-corrected chi connectivity index (χ1v) is 10.6. The van der Waals surface area contributed by atoms with E-state index in [-0.39, 0.29) is 11.3 Å². The fourth-order valence-electron chi connectivity index (χ4n) is 3.82. The van der Waals surface area contributed by atoms with Gasteiger partial charge in [0, 0.05) is 16.3 Å². The number of halogens is 1. The fourth-order valence-corrected chi connectivity index (χ4v) is 4.01. The molecule has 1 aliphatic rings. The molecule has 0 bridgehead atoms. The molecule has 1 amide bonds. The van der Waals surface area contributed by atoms with Crippen LogP contribution in [0.1, 0.15) is 29.7 Å². The Bertz CT molecular complexity index is 1200. The molecule has 1 fully saturated rings. The average Bonchev–Trinajstić information content (AvgIpc) is 3.05. The minimum atomic E-state index is -0.799. The van der Waals surface area contributed by atoms with Crippen molar-refractivity contribution < 1.29 is 19.4 Å². The van der Waals surface area contributed by atoms with Gasteiger partial charge in [0.25, 0.3) is 11.7 Å². The van der Waals surface area contributed by atoms with Crippen molar-refractivity contribution in [2.75, 3.05) is 11.5 Å². The van der Waals surface area contributed by atoms with E-state index < -0.39 is 17.7 Å². The van der Waals surface area contributed by atoms with Gasteiger partial charge in [0.05, 0.1) is 18.2 Å². The number of hydrogen-bond donors (Lipinski definition) is 1. The molecule has 32 heavy (non-hydrogen) atoms. The molecule has 162 valence electrons. The SMILES string of the molecule is CCOc1ccc(C2/C(=C(/O)c3cccc(Cl)c3)C(=O)C(=O)N2c2ccc(C)cc2)cc1. The number of rotatable bonds is 5. The lowest BCUT2D eigenvalue weighted by Crippen LogP contribution is -2.29. The number of Topliss-reactive ketones (excluding diaryl/α,β-unsaturated/α-hetero) is 1. The van der Waals surface area contributed by atoms with Gasteiger partial charge in [-0.25, -0.2) is 0 Å². The van der Waals surface area contributed by atoms with Crippen LogP contribution in [0.5, 0.6) is 5.75 Å². The molecule has 1 unspecified atom stereocenters. The molecule has 0 radical (unpaired) electrons. The van der Waals surface area contributed by atoms with Crippen molar-refractivity contribution in [2.24, 2.45) is 0 Å². The molecule has 5 nitrogen and oxygen atoms in total. The number of amides is 1. The molecule has 1 saturated heterocycles. The second kappa shape index (κ2) is 8.89. The predicted octanol–water partition coefficient (Wildman–Crippen LogP) is 5.67. The van der Waals surface area contributed by atoms with E-state index in [1.54, 1.807) is 60.7 Å². The van der Waals surface area contributed by atoms with Crippen LogP contribution in [0.15, 0.2) is 78.4 Å². The van der Waals surface area contributed by atoms with Crippen molar-refractivity contribution >= 4 is 34.7 Å². The van der Waals surface area contributed by atoms with Crippen molar-refractivity contribution in [1.82, 2.24) is 0 Å². The van der Waals surface area contributed by atoms with E-state index in [2.05, 4.69) is 0 Å². The van der Waals surface area contributed by atoms with Crippen LogP contribution in [0, 0.1) is 6.92 Å². The van der Waals surface area contributed by atoms with E-state index in [0.29, 0.717) is 34.2 Å². The van der Waals surface area contributed by atoms with Crippen molar-refractivity contribution in [1.29, 1.82) is 0 Å². The summed E-state index contributed by atoms with van der Waals surface area (Å²) in [6.07, 6.45) is 0. The van der Waals surface area contributed by atoms with Crippen molar-refractivity contribution in [3.8, 4) is 5.75 Å². The lowest BCUT2D eigenvalue weighted by atomic mass is 9.95. The Hall–Kier alpha value is -3.57. The Morgan fingerprint density at radius 3 is 2.34 bits per heavy atom. The molecule has 0 aromatic heterocycles. The Morgan fingerprint density at radius 2 is 1.72 bits per heavy atom. The first kappa shape index (κ1) is 21.7. The molecular weight excluding hydrogens is 426 g/mol. The van der Waals surface area contributed by atoms with Gasteiger partial charge in [-0.1, -0.05) is 53.6 Å². The topological polar surface area (TPSA) is 66.8 Å². The molecule has 1 N–H and O–H groups in total. The van der Waals surface area contributed by atoms with Crippen LogP contribution >= 0.6 is 11.6 Å². The maximum Gasteiger partial charge on any atom is 0.300 e. The molecule has 1 aliphatic heterocycles. The molecule has 6 heteroatoms. The molecule has 3 aromatic rings. The number of ketones is 1. The van der Waals surface area contributed by atoms with Gasteiger partial charge in [-0.2, -0.15) is 0 Å². The summed E-state index contributed by atoms with van der Waals surface area (Å²) < 4.78 is 5.52. The van der Waals surface area contributed by atoms with E-state index >= 15 is 0 Å². The number of hydrogen-bond acceptors (Lipinski definition) is 4. The highest BCUT2D eigenvalue weighted by Crippen LogP contribution is 2.42. The van der Waals surface area contributed by atoms with Gasteiger partial charge in [0.1, 0.15) is 11.5 Å². The second-order valence-electron chi connectivity index (χ2n) is 7.52. The normalized spacial score (nSPS) is 17.6. The van der Waals surface area contributed by atoms with Gasteiger partial charge in [-0.3, -0.25) is 14.5 Å². The molecule has 4 rings (SSSR count). The van der Waals surface area contributed by atoms with E-state index in [9.17, 15) is 14.7 Å². The van der Waals surface area contributed by atoms with E-state index in [1.165, 1.54) is 4.90 Å². The van der Waals surface area contributed by atoms with Gasteiger partial charge in [-0.05, 0) is 55.8 Å². The third-order valence-electron chi connectivity index (χ3n) is 5.36. The molecule has 0 aliphatic carbocycles. The molecule has 1 heterocycles. The minimum Gasteiger partial charge on any atom is -0.507 e. The number of aliphatic hydroxyl groups excluding tert-OH is 1. The van der Waals surface area contributed by atoms with Gasteiger partial charge >= 0.3 is 0 Å². The Balaban J connectivity index is 1.91. The highest BCUT2D eigenvalue weighted by atomic mass is 35.5. The number of carbonyl (C=O) groups excluding carboxylic acids is 2. The number of benzene rings is 3. The monoisotopic (exact) mass is 447 g/mol. The lowest BCUT2D eigenvalue weighted by Gasteiger charge is -2.25. The quantitative estimate of drug-likeness (QED) is 0.310. The summed E-state index contributed by atoms with van der Waals surface area (Å²) in [5.41, 5.74) is 2.66. The van der Waals surface area contributed by atoms with E-state index in [1.807, 2.05) is 26.0 Å². The number of aryl methyl sites for hydroxylation is 1. The van der Waals surface area contributed by atoms with E-state index in [4.69, 9.17) is 16.3 Å². The first-order valence-electron chi connectivity index (χ1n) is 10.3. The third kappa shape index (κ3) is 3.99. The standard InChI is InChI=1S/C26H22ClNO4/c1-3-32-21-13-9-17(10-14-21)23-22(24(29)18-5-4-6-19(27)15-18)25(30)26(31)28(23)20-11-7-16(2)8-12-20/h4-15,23,29H,3H2,1-2H3/b24-22-. The summed E-state index contributed by atoms with van der Waals surface area (Å²) in [4.78, 5) is 27.7. The molecule has 0 spiro atoms. The summed E-state index contributed by atoms with van der Waals surface area (Å²) >= 11 is 6.09. The number of carbonyl (C=O) groups is 2. The maximum absolute atomic E-state index is 13.1. The number of ether oxygens (including phenoxy) is 1. The Labute approximate surface area is 191 Å². The number of nitrogens with zero attached hydrogens (tertiary/aromatic N) is 1. The third-order valence-corrected chi connectivity index (χ3v) is 5.60. The predicted molar refractivity (Wildman–Crippen MR) is 125 cm³/mol. The van der Waals surface area contributed by atoms with Crippen LogP contribution in [-0.2, 0) is 9.59 Å². The van der Waals surface area contributed by atoms with Crippen LogP contribution in [0.3, 0.4) is 0 Å². The smallest absolute Gasteiger partial charge is 0.300 e. The lowest BCUT2D eigenvalue weighted by molar-refractivity contribution is -0.132. The molecule has 0 saturated carbocycles. The largest absolute Gasteiger partial charge is 0.507 e. The zero-order valence-electron chi connectivity index (χ0n) is 17.7. The minimum absolute atomic E-state index is 0.0157. The Kier molecular flexibility index (Phi) is 6.01. The average molecular weight is 448 g/mol. The van der Waals surface area contributed by atoms with Crippen LogP contribution in [0.25, 0.3) is 5.76 Å². The van der Waals surface area contributed by atoms with Gasteiger partial charge in [0.15, 0.2) is 0 Å². The number of aliphatic hydroxyl groups is 1. The Morgan fingerprint density at radius 1 is 1.03 bits per heavy atom. The highest BCUT2D eigenvalue weighted by molar-refractivity contribution is 6.51. The van der Waals surface area contributed by atoms with Crippen LogP contribution in [-0.4, -0.2) is 23.4 Å². The van der Waals surface area contributed by atoms with Gasteiger partial charge in [-0.15, -0.1) is 0 Å². The zero-order chi connectivity index (χ0) is 22.8. The van der Waals surface area contributed by atoms with Crippen LogP contribution in [0.4, 0.5) is 5.69 Å². The van der Waals surface area contributed by atoms with Crippen molar-refractivity contribution in [3.05, 3.63) is 100 Å². The molecule has 3 aromatic carbocycles. The van der Waals surface area contributed by atoms with Gasteiger partial charge in [0.2, 0.25) is 0 Å². The summed E-state index contributed by atoms with van der Waals surface area (Å²) in [6, 6.07) is 20.3. The first-order chi connectivity index (χ1) is 15.4.